The van der Waals surface area contributed by atoms with Crippen molar-refractivity contribution in [2.45, 2.75) is 0 Å². The third kappa shape index (κ3) is 4.02. The first-order valence-electron chi connectivity index (χ1n) is 5.52. The second-order valence-electron chi connectivity index (χ2n) is 3.99. The first kappa shape index (κ1) is 15.5. The Morgan fingerprint density at radius 2 is 1.62 bits per heavy atom. The molecule has 0 bridgehead atoms. The van der Waals surface area contributed by atoms with Gasteiger partial charge in [-0.15, -0.1) is 0 Å². The van der Waals surface area contributed by atoms with E-state index in [9.17, 15) is 14.9 Å². The first-order chi connectivity index (χ1) is 9.85. The van der Waals surface area contributed by atoms with Gasteiger partial charge in [0.15, 0.2) is 0 Å². The number of carboxylic acid groups (broad SMARTS) is 1. The van der Waals surface area contributed by atoms with Crippen LogP contribution < -0.4 is 4.74 Å². The van der Waals surface area contributed by atoms with Crippen molar-refractivity contribution in [3.63, 3.8) is 0 Å². The molecule has 2 aromatic rings. The molecule has 0 heterocycles. The van der Waals surface area contributed by atoms with Crippen LogP contribution in [0.4, 0.5) is 5.69 Å². The normalized spacial score (nSPS) is 10.2. The van der Waals surface area contributed by atoms with Gasteiger partial charge in [-0.05, 0) is 24.3 Å². The second-order valence-corrected chi connectivity index (χ2v) is 5.82. The Hall–Kier alpha value is -1.93. The molecule has 0 aliphatic heterocycles. The van der Waals surface area contributed by atoms with Crippen LogP contribution in [0.5, 0.6) is 11.5 Å². The Bertz CT molecular complexity index is 671. The number of carbonyl (C=O) groups is 1. The molecule has 0 spiro atoms. The molecule has 1 N–H and O–H groups in total. The Kier molecular flexibility index (Phi) is 4.59. The summed E-state index contributed by atoms with van der Waals surface area (Å²) in [7, 11) is 0. The van der Waals surface area contributed by atoms with E-state index in [1.165, 1.54) is 24.3 Å². The van der Waals surface area contributed by atoms with Gasteiger partial charge in [-0.3, -0.25) is 10.1 Å². The maximum absolute atomic E-state index is 11.0. The minimum Gasteiger partial charge on any atom is -0.478 e. The van der Waals surface area contributed by atoms with Gasteiger partial charge in [0.05, 0.1) is 16.6 Å². The average Bonchev–Trinajstić information content (AvgIpc) is 2.37. The molecular weight excluding hydrogens is 410 g/mol. The molecule has 0 aromatic heterocycles. The number of rotatable bonds is 4. The molecule has 0 saturated carbocycles. The zero-order valence-corrected chi connectivity index (χ0v) is 13.4. The van der Waals surface area contributed by atoms with Gasteiger partial charge in [-0.25, -0.2) is 4.79 Å². The van der Waals surface area contributed by atoms with Crippen LogP contribution in [0.1, 0.15) is 10.4 Å². The molecule has 2 rings (SSSR count). The SMILES string of the molecule is O=C(O)c1cc(Br)cc(Oc2cc(Br)cc([N+](=O)[O-])c2)c1. The highest BCUT2D eigenvalue weighted by Crippen LogP contribution is 2.31. The predicted molar refractivity (Wildman–Crippen MR) is 82.0 cm³/mol. The van der Waals surface area contributed by atoms with Crippen LogP contribution in [-0.4, -0.2) is 16.0 Å². The smallest absolute Gasteiger partial charge is 0.335 e. The van der Waals surface area contributed by atoms with Crippen LogP contribution in [-0.2, 0) is 0 Å². The zero-order chi connectivity index (χ0) is 15.6. The summed E-state index contributed by atoms with van der Waals surface area (Å²) in [5.41, 5.74) is -0.0864. The molecule has 0 atom stereocenters. The number of benzene rings is 2. The summed E-state index contributed by atoms with van der Waals surface area (Å²) in [5.74, 6) is -0.610. The number of ether oxygens (including phenoxy) is 1. The summed E-state index contributed by atoms with van der Waals surface area (Å²) in [6.07, 6.45) is 0. The van der Waals surface area contributed by atoms with E-state index in [1.807, 2.05) is 0 Å². The first-order valence-corrected chi connectivity index (χ1v) is 7.10. The lowest BCUT2D eigenvalue weighted by Crippen LogP contribution is -1.97. The van der Waals surface area contributed by atoms with Gasteiger partial charge in [0.1, 0.15) is 11.5 Å². The van der Waals surface area contributed by atoms with Crippen molar-refractivity contribution in [2.24, 2.45) is 0 Å². The lowest BCUT2D eigenvalue weighted by Gasteiger charge is -2.08. The number of hydrogen-bond acceptors (Lipinski definition) is 4. The number of carboxylic acids is 1. The van der Waals surface area contributed by atoms with Gasteiger partial charge >= 0.3 is 5.97 Å². The molecule has 0 fully saturated rings. The summed E-state index contributed by atoms with van der Waals surface area (Å²) in [6.45, 7) is 0. The van der Waals surface area contributed by atoms with E-state index < -0.39 is 10.9 Å². The summed E-state index contributed by atoms with van der Waals surface area (Å²) in [4.78, 5) is 21.2. The van der Waals surface area contributed by atoms with Gasteiger partial charge in [0.2, 0.25) is 0 Å². The van der Waals surface area contributed by atoms with E-state index in [1.54, 1.807) is 12.1 Å². The molecule has 0 aliphatic carbocycles. The molecule has 0 saturated heterocycles. The Labute approximate surface area is 135 Å². The maximum atomic E-state index is 11.0. The monoisotopic (exact) mass is 415 g/mol. The summed E-state index contributed by atoms with van der Waals surface area (Å²) in [6, 6.07) is 8.48. The molecule has 21 heavy (non-hydrogen) atoms. The maximum Gasteiger partial charge on any atom is 0.335 e. The molecule has 2 aromatic carbocycles. The highest BCUT2D eigenvalue weighted by atomic mass is 79.9. The van der Waals surface area contributed by atoms with E-state index in [2.05, 4.69) is 31.9 Å². The van der Waals surface area contributed by atoms with Crippen molar-refractivity contribution in [1.82, 2.24) is 0 Å². The van der Waals surface area contributed by atoms with E-state index >= 15 is 0 Å². The highest BCUT2D eigenvalue weighted by molar-refractivity contribution is 9.10. The van der Waals surface area contributed by atoms with Crippen LogP contribution in [0.2, 0.25) is 0 Å². The molecule has 0 amide bonds. The minimum absolute atomic E-state index is 0.0453. The molecule has 0 aliphatic rings. The van der Waals surface area contributed by atoms with Crippen molar-refractivity contribution in [2.75, 3.05) is 0 Å². The molecule has 108 valence electrons. The minimum atomic E-state index is -1.10. The highest BCUT2D eigenvalue weighted by Gasteiger charge is 2.12. The van der Waals surface area contributed by atoms with E-state index in [4.69, 9.17) is 9.84 Å². The molecule has 0 unspecified atom stereocenters. The van der Waals surface area contributed by atoms with Gasteiger partial charge in [-0.2, -0.15) is 0 Å². The number of nitro benzene ring substituents is 1. The largest absolute Gasteiger partial charge is 0.478 e. The van der Waals surface area contributed by atoms with Crippen molar-refractivity contribution in [3.8, 4) is 11.5 Å². The fraction of sp³-hybridized carbons (Fsp3) is 0. The standard InChI is InChI=1S/C13H7Br2NO5/c14-8-1-7(13(17)18)2-11(4-8)21-12-5-9(15)3-10(6-12)16(19)20/h1-6H,(H,17,18). The Morgan fingerprint density at radius 3 is 2.19 bits per heavy atom. The fourth-order valence-electron chi connectivity index (χ4n) is 1.59. The number of hydrogen-bond donors (Lipinski definition) is 1. The van der Waals surface area contributed by atoms with Crippen LogP contribution in [0.25, 0.3) is 0 Å². The van der Waals surface area contributed by atoms with Crippen LogP contribution >= 0.6 is 31.9 Å². The second kappa shape index (κ2) is 6.23. The number of non-ortho nitro benzene ring substituents is 1. The summed E-state index contributed by atoms with van der Waals surface area (Å²) in [5, 5.41) is 19.8. The number of aromatic carboxylic acids is 1. The number of nitro groups is 1. The van der Waals surface area contributed by atoms with Crippen LogP contribution in [0, 0.1) is 10.1 Å². The summed E-state index contributed by atoms with van der Waals surface area (Å²) < 4.78 is 6.51. The molecular formula is C13H7Br2NO5. The Balaban J connectivity index is 2.38. The van der Waals surface area contributed by atoms with Crippen LogP contribution in [0.15, 0.2) is 45.3 Å². The van der Waals surface area contributed by atoms with Gasteiger partial charge in [0, 0.05) is 15.0 Å². The number of nitrogens with zero attached hydrogens (tertiary/aromatic N) is 1. The van der Waals surface area contributed by atoms with Crippen LogP contribution in [0.3, 0.4) is 0 Å². The Morgan fingerprint density at radius 1 is 1.05 bits per heavy atom. The van der Waals surface area contributed by atoms with Crippen molar-refractivity contribution in [3.05, 3.63) is 61.0 Å². The molecule has 6 nitrogen and oxygen atoms in total. The quantitative estimate of drug-likeness (QED) is 0.580. The topological polar surface area (TPSA) is 89.7 Å². The van der Waals surface area contributed by atoms with Gasteiger partial charge in [-0.1, -0.05) is 31.9 Å². The van der Waals surface area contributed by atoms with Crippen molar-refractivity contribution >= 4 is 43.5 Å². The van der Waals surface area contributed by atoms with E-state index in [-0.39, 0.29) is 22.7 Å². The van der Waals surface area contributed by atoms with Crippen molar-refractivity contribution in [1.29, 1.82) is 0 Å². The molecule has 0 radical (unpaired) electrons. The van der Waals surface area contributed by atoms with E-state index in [0.29, 0.717) is 8.95 Å². The summed E-state index contributed by atoms with van der Waals surface area (Å²) >= 11 is 6.34. The number of halogens is 2. The van der Waals surface area contributed by atoms with Gasteiger partial charge < -0.3 is 9.84 Å². The third-order valence-electron chi connectivity index (χ3n) is 2.42. The fourth-order valence-corrected chi connectivity index (χ4v) is 2.53. The van der Waals surface area contributed by atoms with Crippen molar-refractivity contribution < 1.29 is 19.6 Å². The zero-order valence-electron chi connectivity index (χ0n) is 10.2. The van der Waals surface area contributed by atoms with E-state index in [0.717, 1.165) is 0 Å². The van der Waals surface area contributed by atoms with Gasteiger partial charge in [0.25, 0.3) is 5.69 Å². The molecule has 8 heteroatoms. The third-order valence-corrected chi connectivity index (χ3v) is 3.34. The predicted octanol–water partition coefficient (Wildman–Crippen LogP) is 4.61. The lowest BCUT2D eigenvalue weighted by atomic mass is 10.2. The average molecular weight is 417 g/mol. The lowest BCUT2D eigenvalue weighted by molar-refractivity contribution is -0.385.